The number of aromatic nitrogens is 6. The van der Waals surface area contributed by atoms with Gasteiger partial charge in [-0.05, 0) is 104 Å². The van der Waals surface area contributed by atoms with E-state index in [4.69, 9.17) is 0 Å². The van der Waals surface area contributed by atoms with Gasteiger partial charge in [-0.3, -0.25) is 0 Å². The van der Waals surface area contributed by atoms with Crippen LogP contribution < -0.4 is 0 Å². The summed E-state index contributed by atoms with van der Waals surface area (Å²) in [5.74, 6) is 0.354. The molecule has 2 heterocycles. The van der Waals surface area contributed by atoms with Gasteiger partial charge >= 0.3 is 0 Å². The number of phenols is 2. The molecule has 4 N–H and O–H groups in total. The Bertz CT molecular complexity index is 1780. The van der Waals surface area contributed by atoms with Gasteiger partial charge in [0.05, 0.1) is 0 Å². The average molecular weight is 547 g/mol. The zero-order chi connectivity index (χ0) is 29.1. The topological polar surface area (TPSA) is 124 Å². The zero-order valence-electron chi connectivity index (χ0n) is 24.2. The first-order valence-electron chi connectivity index (χ1n) is 13.7. The van der Waals surface area contributed by atoms with Gasteiger partial charge in [0.25, 0.3) is 0 Å². The Labute approximate surface area is 238 Å². The first-order valence-corrected chi connectivity index (χ1v) is 13.7. The summed E-state index contributed by atoms with van der Waals surface area (Å²) in [5.41, 5.74) is 10.6. The van der Waals surface area contributed by atoms with Gasteiger partial charge in [0.15, 0.2) is 0 Å². The molecular formula is C33H34N6O2. The Kier molecular flexibility index (Phi) is 6.10. The van der Waals surface area contributed by atoms with E-state index in [-0.39, 0.29) is 22.3 Å². The molecule has 0 fully saturated rings. The van der Waals surface area contributed by atoms with Crippen molar-refractivity contribution in [1.29, 1.82) is 0 Å². The highest BCUT2D eigenvalue weighted by atomic mass is 16.3. The van der Waals surface area contributed by atoms with Gasteiger partial charge in [-0.15, -0.1) is 0 Å². The Morgan fingerprint density at radius 3 is 1.34 bits per heavy atom. The lowest BCUT2D eigenvalue weighted by atomic mass is 9.84. The minimum Gasteiger partial charge on any atom is -0.508 e. The quantitative estimate of drug-likeness (QED) is 0.186. The molecule has 6 rings (SSSR count). The van der Waals surface area contributed by atoms with Crippen molar-refractivity contribution >= 4 is 22.1 Å². The van der Waals surface area contributed by atoms with Gasteiger partial charge in [-0.25, -0.2) is 0 Å². The largest absolute Gasteiger partial charge is 0.508 e. The molecule has 0 aliphatic carbocycles. The number of phenolic OH excluding ortho intramolecular Hbond substituents is 2. The van der Waals surface area contributed by atoms with Crippen LogP contribution >= 0.6 is 0 Å². The van der Waals surface area contributed by atoms with Crippen LogP contribution in [0.5, 0.6) is 11.5 Å². The van der Waals surface area contributed by atoms with Gasteiger partial charge in [-0.2, -0.15) is 30.8 Å². The monoisotopic (exact) mass is 546 g/mol. The second-order valence-corrected chi connectivity index (χ2v) is 12.8. The fourth-order valence-corrected chi connectivity index (χ4v) is 5.40. The maximum absolute atomic E-state index is 10.8. The zero-order valence-corrected chi connectivity index (χ0v) is 24.2. The SMILES string of the molecule is CC(C)(C)c1cc(-c2ccc(O)c(Cc3cc(-c4cc(C(C)(C)C)c5n[nH]nc5c4)ccc3O)c2)cc2n[nH]nc12. The first-order chi connectivity index (χ1) is 19.4. The minimum atomic E-state index is -0.126. The predicted octanol–water partition coefficient (Wildman–Crippen LogP) is 7.16. The lowest BCUT2D eigenvalue weighted by Gasteiger charge is -2.20. The molecule has 208 valence electrons. The van der Waals surface area contributed by atoms with E-state index < -0.39 is 0 Å². The van der Waals surface area contributed by atoms with Crippen LogP contribution in [0.4, 0.5) is 0 Å². The fraction of sp³-hybridized carbons (Fsp3) is 0.273. The molecule has 0 aliphatic rings. The summed E-state index contributed by atoms with van der Waals surface area (Å²) in [7, 11) is 0. The summed E-state index contributed by atoms with van der Waals surface area (Å²) in [4.78, 5) is 0. The maximum Gasteiger partial charge on any atom is 0.119 e. The van der Waals surface area contributed by atoms with E-state index >= 15 is 0 Å². The molecule has 2 aromatic heterocycles. The normalized spacial score (nSPS) is 12.4. The van der Waals surface area contributed by atoms with E-state index in [2.05, 4.69) is 84.5 Å². The molecule has 8 heteroatoms. The standard InChI is InChI=1S/C33H34N6O2/c1-32(2,3)24-14-20(16-26-30(24)36-38-34-26)18-7-9-28(40)22(11-18)13-23-12-19(8-10-29(23)41)21-15-25(33(4,5)6)31-27(17-21)35-39-37-31/h7-12,14-17,40-41H,13H2,1-6H3,(H,34,36,38)(H,35,37,39). The third-order valence-electron chi connectivity index (χ3n) is 7.67. The second-order valence-electron chi connectivity index (χ2n) is 12.8. The third kappa shape index (κ3) is 4.90. The number of H-pyrrole nitrogens is 2. The molecule has 6 aromatic rings. The van der Waals surface area contributed by atoms with Crippen LogP contribution in [-0.4, -0.2) is 41.0 Å². The Morgan fingerprint density at radius 1 is 0.537 bits per heavy atom. The van der Waals surface area contributed by atoms with Gasteiger partial charge in [0, 0.05) is 6.42 Å². The van der Waals surface area contributed by atoms with Crippen LogP contribution in [-0.2, 0) is 17.3 Å². The van der Waals surface area contributed by atoms with Crippen molar-refractivity contribution in [3.63, 3.8) is 0 Å². The Balaban J connectivity index is 1.40. The summed E-state index contributed by atoms with van der Waals surface area (Å²) >= 11 is 0. The number of nitrogens with one attached hydrogen (secondary N) is 2. The molecule has 4 aromatic carbocycles. The number of hydrogen-bond donors (Lipinski definition) is 4. The molecule has 0 saturated heterocycles. The summed E-state index contributed by atoms with van der Waals surface area (Å²) in [6.45, 7) is 12.9. The van der Waals surface area contributed by atoms with Gasteiger partial charge in [-0.1, -0.05) is 53.7 Å². The smallest absolute Gasteiger partial charge is 0.119 e. The van der Waals surface area contributed by atoms with Crippen LogP contribution in [0.1, 0.15) is 63.8 Å². The van der Waals surface area contributed by atoms with E-state index in [1.807, 2.05) is 36.4 Å². The van der Waals surface area contributed by atoms with E-state index in [0.717, 1.165) is 66.6 Å². The number of aromatic amines is 2. The molecule has 0 unspecified atom stereocenters. The molecule has 0 amide bonds. The van der Waals surface area contributed by atoms with E-state index in [1.165, 1.54) is 0 Å². The minimum absolute atomic E-state index is 0.126. The number of fused-ring (bicyclic) bond motifs is 2. The van der Waals surface area contributed by atoms with Gasteiger partial charge in [0.1, 0.15) is 33.6 Å². The highest BCUT2D eigenvalue weighted by Gasteiger charge is 2.22. The molecule has 0 atom stereocenters. The van der Waals surface area contributed by atoms with Crippen molar-refractivity contribution in [2.24, 2.45) is 0 Å². The lowest BCUT2D eigenvalue weighted by molar-refractivity contribution is 0.463. The van der Waals surface area contributed by atoms with Crippen LogP contribution in [0.25, 0.3) is 44.3 Å². The van der Waals surface area contributed by atoms with Crippen molar-refractivity contribution in [3.05, 3.63) is 82.9 Å². The van der Waals surface area contributed by atoms with E-state index in [9.17, 15) is 10.2 Å². The van der Waals surface area contributed by atoms with Crippen molar-refractivity contribution < 1.29 is 10.2 Å². The molecule has 0 saturated carbocycles. The van der Waals surface area contributed by atoms with Crippen molar-refractivity contribution in [3.8, 4) is 33.8 Å². The number of hydrogen-bond acceptors (Lipinski definition) is 6. The third-order valence-corrected chi connectivity index (χ3v) is 7.67. The summed E-state index contributed by atoms with van der Waals surface area (Å²) in [6.07, 6.45) is 0.357. The first kappa shape index (κ1) is 26.5. The highest BCUT2D eigenvalue weighted by Crippen LogP contribution is 2.37. The van der Waals surface area contributed by atoms with E-state index in [0.29, 0.717) is 6.42 Å². The second kappa shape index (κ2) is 9.44. The summed E-state index contributed by atoms with van der Waals surface area (Å²) < 4.78 is 0. The molecule has 0 bridgehead atoms. The molecule has 0 radical (unpaired) electrons. The van der Waals surface area contributed by atoms with Crippen LogP contribution in [0, 0.1) is 0 Å². The number of benzene rings is 4. The summed E-state index contributed by atoms with van der Waals surface area (Å²) in [5, 5.41) is 44.6. The molecule has 41 heavy (non-hydrogen) atoms. The fourth-order valence-electron chi connectivity index (χ4n) is 5.40. The van der Waals surface area contributed by atoms with Crippen molar-refractivity contribution in [1.82, 2.24) is 30.8 Å². The molecule has 0 aliphatic heterocycles. The van der Waals surface area contributed by atoms with E-state index in [1.54, 1.807) is 12.1 Å². The van der Waals surface area contributed by atoms with Crippen molar-refractivity contribution in [2.75, 3.05) is 0 Å². The Morgan fingerprint density at radius 2 is 0.951 bits per heavy atom. The summed E-state index contributed by atoms with van der Waals surface area (Å²) in [6, 6.07) is 19.5. The lowest BCUT2D eigenvalue weighted by Crippen LogP contribution is -2.12. The number of rotatable bonds is 4. The van der Waals surface area contributed by atoms with Crippen LogP contribution in [0.3, 0.4) is 0 Å². The predicted molar refractivity (Wildman–Crippen MR) is 162 cm³/mol. The number of aromatic hydroxyl groups is 2. The molecular weight excluding hydrogens is 512 g/mol. The van der Waals surface area contributed by atoms with Crippen LogP contribution in [0.2, 0.25) is 0 Å². The van der Waals surface area contributed by atoms with Gasteiger partial charge in [0.2, 0.25) is 0 Å². The Hall–Kier alpha value is -4.72. The van der Waals surface area contributed by atoms with Crippen LogP contribution in [0.15, 0.2) is 60.7 Å². The van der Waals surface area contributed by atoms with Gasteiger partial charge < -0.3 is 10.2 Å². The highest BCUT2D eigenvalue weighted by molar-refractivity contribution is 5.86. The average Bonchev–Trinajstić information content (AvgIpc) is 3.58. The maximum atomic E-state index is 10.8. The molecule has 8 nitrogen and oxygen atoms in total. The van der Waals surface area contributed by atoms with Crippen molar-refractivity contribution in [2.45, 2.75) is 58.8 Å². The number of nitrogens with zero attached hydrogens (tertiary/aromatic N) is 4. The molecule has 0 spiro atoms.